The Kier molecular flexibility index (Phi) is 5.77. The number of carbonyl (C=O) groups is 1. The van der Waals surface area contributed by atoms with Gasteiger partial charge in [0.2, 0.25) is 10.0 Å². The van der Waals surface area contributed by atoms with Crippen molar-refractivity contribution in [2.45, 2.75) is 26.4 Å². The average Bonchev–Trinajstić information content (AvgIpc) is 2.92. The lowest BCUT2D eigenvalue weighted by atomic mass is 10.1. The highest BCUT2D eigenvalue weighted by molar-refractivity contribution is 7.88. The first-order valence-electron chi connectivity index (χ1n) is 7.56. The number of nitrogens with one attached hydrogen (secondary N) is 1. The molecule has 1 atom stereocenters. The van der Waals surface area contributed by atoms with Crippen molar-refractivity contribution in [3.8, 4) is 0 Å². The van der Waals surface area contributed by atoms with Crippen molar-refractivity contribution < 1.29 is 22.5 Å². The number of rotatable bonds is 6. The predicted octanol–water partition coefficient (Wildman–Crippen LogP) is 0.263. The van der Waals surface area contributed by atoms with Crippen molar-refractivity contribution in [2.75, 3.05) is 32.5 Å². The van der Waals surface area contributed by atoms with Gasteiger partial charge in [0.15, 0.2) is 5.69 Å². The Morgan fingerprint density at radius 2 is 2.26 bits per heavy atom. The first kappa shape index (κ1) is 17.9. The number of nitrogens with zero attached hydrogens (tertiary/aromatic N) is 2. The van der Waals surface area contributed by atoms with Gasteiger partial charge in [0.1, 0.15) is 5.76 Å². The standard InChI is InChI=1S/C14H23N3O5S/c1-10(2)6-11-7-13(16-22-11)14(18)15-8-12-9-17(4-5-21-12)23(3,19)20/h7,10,12H,4-6,8-9H2,1-3H3,(H,15,18)/t12-/m1/s1. The molecule has 0 unspecified atom stereocenters. The summed E-state index contributed by atoms with van der Waals surface area (Å²) < 4.78 is 35.0. The third-order valence-electron chi connectivity index (χ3n) is 3.46. The Morgan fingerprint density at radius 1 is 1.52 bits per heavy atom. The van der Waals surface area contributed by atoms with Gasteiger partial charge in [-0.1, -0.05) is 19.0 Å². The molecule has 2 heterocycles. The summed E-state index contributed by atoms with van der Waals surface area (Å²) in [6, 6.07) is 1.62. The SMILES string of the molecule is CC(C)Cc1cc(C(=O)NC[C@@H]2CN(S(C)(=O)=O)CCO2)no1. The largest absolute Gasteiger partial charge is 0.374 e. The Balaban J connectivity index is 1.85. The Bertz CT molecular complexity index is 641. The number of carbonyl (C=O) groups excluding carboxylic acids is 1. The lowest BCUT2D eigenvalue weighted by Crippen LogP contribution is -2.49. The van der Waals surface area contributed by atoms with Crippen LogP contribution in [0.25, 0.3) is 0 Å². The van der Waals surface area contributed by atoms with Crippen molar-refractivity contribution in [3.63, 3.8) is 0 Å². The van der Waals surface area contributed by atoms with Crippen molar-refractivity contribution in [2.24, 2.45) is 5.92 Å². The fraction of sp³-hybridized carbons (Fsp3) is 0.714. The van der Waals surface area contributed by atoms with E-state index in [1.165, 1.54) is 10.6 Å². The van der Waals surface area contributed by atoms with E-state index < -0.39 is 10.0 Å². The van der Waals surface area contributed by atoms with Gasteiger partial charge >= 0.3 is 0 Å². The molecule has 1 aliphatic rings. The maximum absolute atomic E-state index is 12.0. The van der Waals surface area contributed by atoms with Crippen LogP contribution in [0.4, 0.5) is 0 Å². The van der Waals surface area contributed by atoms with Crippen LogP contribution in [0, 0.1) is 5.92 Å². The topological polar surface area (TPSA) is 102 Å². The molecule has 1 aromatic heterocycles. The van der Waals surface area contributed by atoms with Gasteiger partial charge in [-0.25, -0.2) is 8.42 Å². The van der Waals surface area contributed by atoms with Gasteiger partial charge in [-0.2, -0.15) is 4.31 Å². The van der Waals surface area contributed by atoms with E-state index in [1.807, 2.05) is 0 Å². The third-order valence-corrected chi connectivity index (χ3v) is 4.73. The molecule has 1 aliphatic heterocycles. The summed E-state index contributed by atoms with van der Waals surface area (Å²) in [6.07, 6.45) is 1.51. The number of sulfonamides is 1. The monoisotopic (exact) mass is 345 g/mol. The summed E-state index contributed by atoms with van der Waals surface area (Å²) in [5.74, 6) is 0.725. The number of hydrogen-bond donors (Lipinski definition) is 1. The molecular weight excluding hydrogens is 322 g/mol. The lowest BCUT2D eigenvalue weighted by molar-refractivity contribution is 0.000394. The molecule has 1 aromatic rings. The summed E-state index contributed by atoms with van der Waals surface area (Å²) in [4.78, 5) is 12.0. The van der Waals surface area contributed by atoms with E-state index in [0.717, 1.165) is 6.42 Å². The van der Waals surface area contributed by atoms with Crippen LogP contribution in [-0.4, -0.2) is 62.4 Å². The summed E-state index contributed by atoms with van der Waals surface area (Å²) in [6.45, 7) is 5.21. The Morgan fingerprint density at radius 3 is 2.91 bits per heavy atom. The van der Waals surface area contributed by atoms with E-state index in [0.29, 0.717) is 24.8 Å². The summed E-state index contributed by atoms with van der Waals surface area (Å²) in [5.41, 5.74) is 0.219. The maximum atomic E-state index is 12.0. The van der Waals surface area contributed by atoms with Crippen LogP contribution < -0.4 is 5.32 Å². The van der Waals surface area contributed by atoms with Gasteiger partial charge in [-0.05, 0) is 5.92 Å². The third kappa shape index (κ3) is 5.29. The van der Waals surface area contributed by atoms with E-state index in [-0.39, 0.29) is 30.8 Å². The zero-order chi connectivity index (χ0) is 17.0. The van der Waals surface area contributed by atoms with E-state index in [2.05, 4.69) is 24.3 Å². The number of aromatic nitrogens is 1. The van der Waals surface area contributed by atoms with Crippen LogP contribution in [0.5, 0.6) is 0 Å². The highest BCUT2D eigenvalue weighted by Gasteiger charge is 2.27. The fourth-order valence-corrected chi connectivity index (χ4v) is 3.18. The van der Waals surface area contributed by atoms with Crippen molar-refractivity contribution in [3.05, 3.63) is 17.5 Å². The lowest BCUT2D eigenvalue weighted by Gasteiger charge is -2.31. The van der Waals surface area contributed by atoms with E-state index in [9.17, 15) is 13.2 Å². The smallest absolute Gasteiger partial charge is 0.273 e. The molecule has 0 bridgehead atoms. The van der Waals surface area contributed by atoms with Gasteiger partial charge in [0, 0.05) is 32.1 Å². The fourth-order valence-electron chi connectivity index (χ4n) is 2.33. The van der Waals surface area contributed by atoms with E-state index >= 15 is 0 Å². The quantitative estimate of drug-likeness (QED) is 0.794. The highest BCUT2D eigenvalue weighted by Crippen LogP contribution is 2.11. The first-order valence-corrected chi connectivity index (χ1v) is 9.41. The van der Waals surface area contributed by atoms with Gasteiger partial charge < -0.3 is 14.6 Å². The van der Waals surface area contributed by atoms with Crippen molar-refractivity contribution in [1.82, 2.24) is 14.8 Å². The molecular formula is C14H23N3O5S. The van der Waals surface area contributed by atoms with Gasteiger partial charge in [-0.15, -0.1) is 0 Å². The molecule has 8 nitrogen and oxygen atoms in total. The molecule has 0 saturated carbocycles. The molecule has 23 heavy (non-hydrogen) atoms. The molecule has 1 saturated heterocycles. The van der Waals surface area contributed by atoms with Gasteiger partial charge in [-0.3, -0.25) is 4.79 Å². The van der Waals surface area contributed by atoms with Crippen LogP contribution in [0.15, 0.2) is 10.6 Å². The van der Waals surface area contributed by atoms with E-state index in [4.69, 9.17) is 9.26 Å². The molecule has 9 heteroatoms. The number of morpholine rings is 1. The average molecular weight is 345 g/mol. The van der Waals surface area contributed by atoms with Crippen LogP contribution in [0.3, 0.4) is 0 Å². The Hall–Kier alpha value is -1.45. The predicted molar refractivity (Wildman–Crippen MR) is 83.5 cm³/mol. The molecule has 0 spiro atoms. The minimum Gasteiger partial charge on any atom is -0.374 e. The molecule has 2 rings (SSSR count). The van der Waals surface area contributed by atoms with Crippen molar-refractivity contribution in [1.29, 1.82) is 0 Å². The molecule has 1 amide bonds. The molecule has 0 aliphatic carbocycles. The second kappa shape index (κ2) is 7.41. The zero-order valence-electron chi connectivity index (χ0n) is 13.6. The zero-order valence-corrected chi connectivity index (χ0v) is 14.4. The van der Waals surface area contributed by atoms with Crippen LogP contribution in [0.1, 0.15) is 30.1 Å². The first-order chi connectivity index (χ1) is 10.8. The molecule has 130 valence electrons. The number of hydrogen-bond acceptors (Lipinski definition) is 6. The highest BCUT2D eigenvalue weighted by atomic mass is 32.2. The minimum absolute atomic E-state index is 0.219. The second-order valence-corrected chi connectivity index (χ2v) is 8.08. The minimum atomic E-state index is -3.24. The summed E-state index contributed by atoms with van der Waals surface area (Å²) in [5, 5.41) is 6.45. The Labute approximate surface area is 136 Å². The molecule has 1 N–H and O–H groups in total. The van der Waals surface area contributed by atoms with Crippen LogP contribution in [-0.2, 0) is 21.2 Å². The summed E-state index contributed by atoms with van der Waals surface area (Å²) >= 11 is 0. The number of ether oxygens (including phenoxy) is 1. The van der Waals surface area contributed by atoms with Crippen LogP contribution >= 0.6 is 0 Å². The summed E-state index contributed by atoms with van der Waals surface area (Å²) in [7, 11) is -3.24. The van der Waals surface area contributed by atoms with Gasteiger partial charge in [0.05, 0.1) is 19.0 Å². The molecule has 1 fully saturated rings. The normalized spacial score (nSPS) is 19.9. The second-order valence-electron chi connectivity index (χ2n) is 6.10. The van der Waals surface area contributed by atoms with Crippen molar-refractivity contribution >= 4 is 15.9 Å². The molecule has 0 aromatic carbocycles. The van der Waals surface area contributed by atoms with Crippen LogP contribution in [0.2, 0.25) is 0 Å². The number of amides is 1. The molecule has 0 radical (unpaired) electrons. The maximum Gasteiger partial charge on any atom is 0.273 e. The van der Waals surface area contributed by atoms with Gasteiger partial charge in [0.25, 0.3) is 5.91 Å². The van der Waals surface area contributed by atoms with E-state index in [1.54, 1.807) is 6.07 Å².